The van der Waals surface area contributed by atoms with Gasteiger partial charge < -0.3 is 9.47 Å². The SMILES string of the molecule is CCOc1cc(/C=N\NC(=O)CN(c2ccc(F)cc2)S(C)(=O)=O)ccc1OCc1ccc(Cl)cc1. The molecule has 0 saturated carbocycles. The lowest BCUT2D eigenvalue weighted by Gasteiger charge is -2.21. The Balaban J connectivity index is 1.64. The Morgan fingerprint density at radius 1 is 1.06 bits per heavy atom. The number of hydrazone groups is 1. The van der Waals surface area contributed by atoms with E-state index in [1.807, 2.05) is 19.1 Å². The quantitative estimate of drug-likeness (QED) is 0.291. The molecule has 3 aromatic rings. The van der Waals surface area contributed by atoms with Crippen LogP contribution in [0.4, 0.5) is 10.1 Å². The molecule has 0 radical (unpaired) electrons. The second-order valence-electron chi connectivity index (χ2n) is 7.59. The molecule has 0 atom stereocenters. The van der Waals surface area contributed by atoms with E-state index < -0.39 is 28.3 Å². The van der Waals surface area contributed by atoms with Gasteiger partial charge in [-0.25, -0.2) is 18.2 Å². The lowest BCUT2D eigenvalue weighted by atomic mass is 10.2. The Morgan fingerprint density at radius 3 is 2.39 bits per heavy atom. The van der Waals surface area contributed by atoms with Crippen LogP contribution in [0, 0.1) is 5.82 Å². The van der Waals surface area contributed by atoms with Gasteiger partial charge in [-0.3, -0.25) is 9.10 Å². The van der Waals surface area contributed by atoms with Crippen molar-refractivity contribution in [2.45, 2.75) is 13.5 Å². The number of rotatable bonds is 11. The van der Waals surface area contributed by atoms with Crippen LogP contribution < -0.4 is 19.2 Å². The first-order valence-corrected chi connectivity index (χ1v) is 13.1. The summed E-state index contributed by atoms with van der Waals surface area (Å²) in [5.41, 5.74) is 4.03. The molecule has 0 aromatic heterocycles. The highest BCUT2D eigenvalue weighted by atomic mass is 35.5. The average molecular weight is 534 g/mol. The topological polar surface area (TPSA) is 97.3 Å². The highest BCUT2D eigenvalue weighted by Gasteiger charge is 2.20. The molecule has 8 nitrogen and oxygen atoms in total. The van der Waals surface area contributed by atoms with E-state index in [1.165, 1.54) is 18.3 Å². The van der Waals surface area contributed by atoms with Crippen molar-refractivity contribution in [1.29, 1.82) is 0 Å². The number of carbonyl (C=O) groups excluding carboxylic acids is 1. The molecule has 0 aliphatic rings. The highest BCUT2D eigenvalue weighted by Crippen LogP contribution is 2.29. The zero-order valence-corrected chi connectivity index (χ0v) is 21.2. The van der Waals surface area contributed by atoms with Crippen LogP contribution in [-0.4, -0.2) is 39.9 Å². The maximum absolute atomic E-state index is 13.2. The van der Waals surface area contributed by atoms with Crippen LogP contribution in [0.2, 0.25) is 5.02 Å². The average Bonchev–Trinajstić information content (AvgIpc) is 2.83. The molecule has 0 bridgehead atoms. The number of amides is 1. The lowest BCUT2D eigenvalue weighted by molar-refractivity contribution is -0.119. The predicted octanol–water partition coefficient (Wildman–Crippen LogP) is 4.37. The molecule has 0 aliphatic heterocycles. The molecule has 0 heterocycles. The number of anilines is 1. The van der Waals surface area contributed by atoms with Crippen molar-refractivity contribution in [2.24, 2.45) is 5.10 Å². The molecule has 1 amide bonds. The number of hydrogen-bond donors (Lipinski definition) is 1. The third-order valence-electron chi connectivity index (χ3n) is 4.78. The van der Waals surface area contributed by atoms with Crippen molar-refractivity contribution in [3.8, 4) is 11.5 Å². The zero-order chi connectivity index (χ0) is 26.1. The molecular weight excluding hydrogens is 509 g/mol. The molecule has 3 rings (SSSR count). The van der Waals surface area contributed by atoms with Gasteiger partial charge in [-0.15, -0.1) is 0 Å². The standard InChI is InChI=1S/C25H25ClFN3O5S/c1-3-34-24-14-19(6-13-23(24)35-17-18-4-7-20(26)8-5-18)15-28-29-25(31)16-30(36(2,32)33)22-11-9-21(27)10-12-22/h4-15H,3,16-17H2,1-2H3,(H,29,31)/b28-15-. The minimum atomic E-state index is -3.79. The van der Waals surface area contributed by atoms with Gasteiger partial charge in [0.15, 0.2) is 11.5 Å². The number of nitrogens with zero attached hydrogens (tertiary/aromatic N) is 2. The fourth-order valence-electron chi connectivity index (χ4n) is 3.09. The maximum Gasteiger partial charge on any atom is 0.260 e. The van der Waals surface area contributed by atoms with Crippen LogP contribution in [0.25, 0.3) is 0 Å². The van der Waals surface area contributed by atoms with Gasteiger partial charge in [0.05, 0.1) is 24.8 Å². The summed E-state index contributed by atoms with van der Waals surface area (Å²) in [7, 11) is -3.79. The number of hydrogen-bond acceptors (Lipinski definition) is 6. The van der Waals surface area contributed by atoms with E-state index in [0.717, 1.165) is 28.3 Å². The van der Waals surface area contributed by atoms with E-state index >= 15 is 0 Å². The van der Waals surface area contributed by atoms with E-state index in [4.69, 9.17) is 21.1 Å². The lowest BCUT2D eigenvalue weighted by Crippen LogP contribution is -2.39. The third-order valence-corrected chi connectivity index (χ3v) is 6.17. The summed E-state index contributed by atoms with van der Waals surface area (Å²) in [4.78, 5) is 12.3. The first-order valence-electron chi connectivity index (χ1n) is 10.8. The van der Waals surface area contributed by atoms with Gasteiger partial charge >= 0.3 is 0 Å². The molecular formula is C25H25ClFN3O5S. The smallest absolute Gasteiger partial charge is 0.260 e. The second-order valence-corrected chi connectivity index (χ2v) is 9.94. The monoisotopic (exact) mass is 533 g/mol. The van der Waals surface area contributed by atoms with E-state index in [2.05, 4.69) is 10.5 Å². The minimum absolute atomic E-state index is 0.161. The summed E-state index contributed by atoms with van der Waals surface area (Å²) >= 11 is 5.91. The van der Waals surface area contributed by atoms with Gasteiger partial charge in [-0.2, -0.15) is 5.10 Å². The van der Waals surface area contributed by atoms with Gasteiger partial charge in [0.2, 0.25) is 10.0 Å². The van der Waals surface area contributed by atoms with E-state index in [0.29, 0.717) is 35.3 Å². The fraction of sp³-hybridized carbons (Fsp3) is 0.200. The molecule has 0 fully saturated rings. The van der Waals surface area contributed by atoms with Crippen LogP contribution >= 0.6 is 11.6 Å². The van der Waals surface area contributed by atoms with Gasteiger partial charge in [-0.05, 0) is 72.6 Å². The second kappa shape index (κ2) is 12.4. The van der Waals surface area contributed by atoms with Crippen molar-refractivity contribution in [3.05, 3.63) is 88.7 Å². The molecule has 0 saturated heterocycles. The molecule has 1 N–H and O–H groups in total. The number of halogens is 2. The number of ether oxygens (including phenoxy) is 2. The van der Waals surface area contributed by atoms with Crippen molar-refractivity contribution in [3.63, 3.8) is 0 Å². The van der Waals surface area contributed by atoms with Gasteiger partial charge in [-0.1, -0.05) is 23.7 Å². The highest BCUT2D eigenvalue weighted by molar-refractivity contribution is 7.92. The summed E-state index contributed by atoms with van der Waals surface area (Å²) < 4.78 is 49.8. The van der Waals surface area contributed by atoms with Crippen LogP contribution in [0.5, 0.6) is 11.5 Å². The maximum atomic E-state index is 13.2. The molecule has 3 aromatic carbocycles. The Labute approximate surface area is 214 Å². The fourth-order valence-corrected chi connectivity index (χ4v) is 4.07. The van der Waals surface area contributed by atoms with Crippen molar-refractivity contribution < 1.29 is 27.1 Å². The summed E-state index contributed by atoms with van der Waals surface area (Å²) in [6.07, 6.45) is 2.35. The van der Waals surface area contributed by atoms with Crippen LogP contribution in [0.3, 0.4) is 0 Å². The first-order chi connectivity index (χ1) is 17.2. The summed E-state index contributed by atoms with van der Waals surface area (Å²) in [5, 5.41) is 4.54. The molecule has 190 valence electrons. The predicted molar refractivity (Wildman–Crippen MR) is 138 cm³/mol. The summed E-state index contributed by atoms with van der Waals surface area (Å²) in [6.45, 7) is 2.06. The summed E-state index contributed by atoms with van der Waals surface area (Å²) in [6, 6.07) is 17.3. The van der Waals surface area contributed by atoms with Crippen LogP contribution in [0.15, 0.2) is 71.8 Å². The largest absolute Gasteiger partial charge is 0.490 e. The Hall–Kier alpha value is -3.63. The Kier molecular flexibility index (Phi) is 9.26. The number of benzene rings is 3. The van der Waals surface area contributed by atoms with E-state index in [-0.39, 0.29) is 5.69 Å². The molecule has 36 heavy (non-hydrogen) atoms. The van der Waals surface area contributed by atoms with E-state index in [9.17, 15) is 17.6 Å². The minimum Gasteiger partial charge on any atom is -0.490 e. The molecule has 0 unspecified atom stereocenters. The number of carbonyl (C=O) groups is 1. The molecule has 0 aliphatic carbocycles. The van der Waals surface area contributed by atoms with Gasteiger partial charge in [0, 0.05) is 5.02 Å². The molecule has 11 heteroatoms. The Morgan fingerprint density at radius 2 is 1.75 bits per heavy atom. The zero-order valence-electron chi connectivity index (χ0n) is 19.6. The van der Waals surface area contributed by atoms with Crippen molar-refractivity contribution >= 4 is 39.4 Å². The summed E-state index contributed by atoms with van der Waals surface area (Å²) in [5.74, 6) is -0.152. The van der Waals surface area contributed by atoms with Gasteiger partial charge in [0.1, 0.15) is 19.0 Å². The molecule has 0 spiro atoms. The normalized spacial score (nSPS) is 11.3. The van der Waals surface area contributed by atoms with Crippen LogP contribution in [0.1, 0.15) is 18.1 Å². The van der Waals surface area contributed by atoms with Crippen LogP contribution in [-0.2, 0) is 21.4 Å². The van der Waals surface area contributed by atoms with Crippen molar-refractivity contribution in [1.82, 2.24) is 5.43 Å². The number of sulfonamides is 1. The van der Waals surface area contributed by atoms with E-state index in [1.54, 1.807) is 30.3 Å². The Bertz CT molecular complexity index is 1320. The van der Waals surface area contributed by atoms with Gasteiger partial charge in [0.25, 0.3) is 5.91 Å². The third kappa shape index (κ3) is 7.96. The number of nitrogens with one attached hydrogen (secondary N) is 1. The first kappa shape index (κ1) is 27.0. The van der Waals surface area contributed by atoms with Crippen molar-refractivity contribution in [2.75, 3.05) is 23.7 Å².